The Hall–Kier alpha value is -1.41. The van der Waals surface area contributed by atoms with Crippen molar-refractivity contribution >= 4 is 49.7 Å². The predicted molar refractivity (Wildman–Crippen MR) is 68.8 cm³/mol. The molecule has 6 nitrogen and oxygen atoms in total. The van der Waals surface area contributed by atoms with Crippen LogP contribution < -0.4 is 10.6 Å². The third-order valence-corrected chi connectivity index (χ3v) is 2.49. The number of hydrogen-bond acceptors (Lipinski definition) is 4. The highest BCUT2D eigenvalue weighted by Gasteiger charge is 2.06. The van der Waals surface area contributed by atoms with Crippen molar-refractivity contribution in [1.82, 2.24) is 9.97 Å². The van der Waals surface area contributed by atoms with Crippen LogP contribution in [0.5, 0.6) is 0 Å². The number of halogens is 2. The highest BCUT2D eigenvalue weighted by atomic mass is 79.9. The van der Waals surface area contributed by atoms with Crippen LogP contribution in [-0.2, 0) is 0 Å². The third kappa shape index (κ3) is 3.53. The number of amides is 2. The zero-order valence-corrected chi connectivity index (χ0v) is 11.4. The zero-order chi connectivity index (χ0) is 12.3. The number of aromatic nitrogens is 2. The second kappa shape index (κ2) is 5.28. The van der Waals surface area contributed by atoms with E-state index in [1.807, 2.05) is 0 Å². The summed E-state index contributed by atoms with van der Waals surface area (Å²) in [7, 11) is 0. The van der Waals surface area contributed by atoms with E-state index < -0.39 is 6.03 Å². The summed E-state index contributed by atoms with van der Waals surface area (Å²) in [6.45, 7) is 0. The number of rotatable bonds is 2. The summed E-state index contributed by atoms with van der Waals surface area (Å²) in [5.41, 5.74) is 0. The molecular formula is C9H6Br2N4O2. The lowest BCUT2D eigenvalue weighted by Crippen LogP contribution is -2.20. The molecule has 2 aromatic heterocycles. The zero-order valence-electron chi connectivity index (χ0n) is 8.28. The number of hydrogen-bond donors (Lipinski definition) is 2. The van der Waals surface area contributed by atoms with Crippen LogP contribution in [0.25, 0.3) is 0 Å². The maximum atomic E-state index is 11.5. The first-order valence-corrected chi connectivity index (χ1v) is 6.03. The summed E-state index contributed by atoms with van der Waals surface area (Å²) < 4.78 is 6.38. The van der Waals surface area contributed by atoms with E-state index in [1.54, 1.807) is 12.1 Å². The standard InChI is InChI=1S/C9H6Br2N4O2/c10-5-3-12-8(13-4-5)15-9(16)14-7-2-1-6(11)17-7/h1-4H,(H2,12,13,14,15,16). The number of carbonyl (C=O) groups is 1. The van der Waals surface area contributed by atoms with E-state index >= 15 is 0 Å². The highest BCUT2D eigenvalue weighted by molar-refractivity contribution is 9.10. The van der Waals surface area contributed by atoms with E-state index in [9.17, 15) is 4.79 Å². The van der Waals surface area contributed by atoms with E-state index in [4.69, 9.17) is 4.42 Å². The molecule has 0 aliphatic carbocycles. The monoisotopic (exact) mass is 360 g/mol. The number of nitrogens with one attached hydrogen (secondary N) is 2. The fraction of sp³-hybridized carbons (Fsp3) is 0. The molecule has 0 saturated heterocycles. The quantitative estimate of drug-likeness (QED) is 0.860. The van der Waals surface area contributed by atoms with Gasteiger partial charge in [-0.25, -0.2) is 14.8 Å². The summed E-state index contributed by atoms with van der Waals surface area (Å²) in [6.07, 6.45) is 3.07. The van der Waals surface area contributed by atoms with Crippen molar-refractivity contribution in [1.29, 1.82) is 0 Å². The first-order chi connectivity index (χ1) is 8.13. The lowest BCUT2D eigenvalue weighted by atomic mass is 10.6. The van der Waals surface area contributed by atoms with Crippen LogP contribution in [0.15, 0.2) is 38.1 Å². The van der Waals surface area contributed by atoms with Crippen LogP contribution in [-0.4, -0.2) is 16.0 Å². The van der Waals surface area contributed by atoms with Gasteiger partial charge in [-0.15, -0.1) is 0 Å². The smallest absolute Gasteiger partial charge is 0.328 e. The molecule has 0 unspecified atom stereocenters. The van der Waals surface area contributed by atoms with E-state index in [-0.39, 0.29) is 5.95 Å². The molecule has 2 amide bonds. The molecule has 2 aromatic rings. The van der Waals surface area contributed by atoms with Crippen molar-refractivity contribution in [3.63, 3.8) is 0 Å². The average Bonchev–Trinajstić information content (AvgIpc) is 2.67. The first-order valence-electron chi connectivity index (χ1n) is 4.44. The van der Waals surface area contributed by atoms with Crippen molar-refractivity contribution in [3.05, 3.63) is 33.7 Å². The van der Waals surface area contributed by atoms with Gasteiger partial charge in [0.1, 0.15) is 0 Å². The van der Waals surface area contributed by atoms with Gasteiger partial charge in [0, 0.05) is 18.5 Å². The molecule has 0 aliphatic rings. The molecule has 0 atom stereocenters. The molecule has 0 aromatic carbocycles. The van der Waals surface area contributed by atoms with Crippen molar-refractivity contribution in [2.75, 3.05) is 10.6 Å². The summed E-state index contributed by atoms with van der Waals surface area (Å²) in [5, 5.41) is 4.95. The maximum absolute atomic E-state index is 11.5. The second-order valence-corrected chi connectivity index (χ2v) is 4.61. The molecule has 2 rings (SSSR count). The molecule has 17 heavy (non-hydrogen) atoms. The Kier molecular flexibility index (Phi) is 3.75. The first kappa shape index (κ1) is 12.1. The normalized spacial score (nSPS) is 10.0. The Balaban J connectivity index is 1.95. The predicted octanol–water partition coefficient (Wildman–Crippen LogP) is 3.24. The fourth-order valence-corrected chi connectivity index (χ4v) is 1.51. The largest absolute Gasteiger partial charge is 0.434 e. The van der Waals surface area contributed by atoms with Crippen molar-refractivity contribution < 1.29 is 9.21 Å². The third-order valence-electron chi connectivity index (χ3n) is 1.66. The Morgan fingerprint density at radius 2 is 1.88 bits per heavy atom. The average molecular weight is 362 g/mol. The Bertz CT molecular complexity index is 526. The Morgan fingerprint density at radius 3 is 2.47 bits per heavy atom. The highest BCUT2D eigenvalue weighted by Crippen LogP contribution is 2.18. The van der Waals surface area contributed by atoms with Gasteiger partial charge in [0.2, 0.25) is 11.8 Å². The maximum Gasteiger partial charge on any atom is 0.328 e. The molecule has 8 heteroatoms. The molecule has 88 valence electrons. The number of urea groups is 1. The SMILES string of the molecule is O=C(Nc1ncc(Br)cn1)Nc1ccc(Br)o1. The Morgan fingerprint density at radius 1 is 1.18 bits per heavy atom. The van der Waals surface area contributed by atoms with E-state index in [2.05, 4.69) is 52.5 Å². The summed E-state index contributed by atoms with van der Waals surface area (Å²) >= 11 is 6.32. The lowest BCUT2D eigenvalue weighted by Gasteiger charge is -2.03. The van der Waals surface area contributed by atoms with Crippen LogP contribution in [0.3, 0.4) is 0 Å². The van der Waals surface area contributed by atoms with Gasteiger partial charge in [0.25, 0.3) is 0 Å². The number of anilines is 2. The number of carbonyl (C=O) groups excluding carboxylic acids is 1. The van der Waals surface area contributed by atoms with Crippen LogP contribution >= 0.6 is 31.9 Å². The van der Waals surface area contributed by atoms with Crippen molar-refractivity contribution in [2.24, 2.45) is 0 Å². The lowest BCUT2D eigenvalue weighted by molar-refractivity contribution is 0.261. The van der Waals surface area contributed by atoms with Gasteiger partial charge in [0.15, 0.2) is 4.67 Å². The molecule has 0 spiro atoms. The van der Waals surface area contributed by atoms with E-state index in [0.717, 1.165) is 4.47 Å². The number of furan rings is 1. The molecule has 0 fully saturated rings. The van der Waals surface area contributed by atoms with Crippen LogP contribution in [0.4, 0.5) is 16.6 Å². The topological polar surface area (TPSA) is 80.0 Å². The van der Waals surface area contributed by atoms with Gasteiger partial charge >= 0.3 is 6.03 Å². The van der Waals surface area contributed by atoms with Gasteiger partial charge in [-0.3, -0.25) is 10.6 Å². The summed E-state index contributed by atoms with van der Waals surface area (Å²) in [5.74, 6) is 0.530. The van der Waals surface area contributed by atoms with Gasteiger partial charge in [-0.05, 0) is 37.9 Å². The van der Waals surface area contributed by atoms with Crippen LogP contribution in [0, 0.1) is 0 Å². The van der Waals surface area contributed by atoms with Gasteiger partial charge in [-0.1, -0.05) is 0 Å². The van der Waals surface area contributed by atoms with Crippen LogP contribution in [0.2, 0.25) is 0 Å². The molecule has 2 N–H and O–H groups in total. The van der Waals surface area contributed by atoms with E-state index in [1.165, 1.54) is 12.4 Å². The fourth-order valence-electron chi connectivity index (χ4n) is 1.00. The minimum Gasteiger partial charge on any atom is -0.434 e. The second-order valence-electron chi connectivity index (χ2n) is 2.91. The van der Waals surface area contributed by atoms with Crippen LogP contribution in [0.1, 0.15) is 0 Å². The molecule has 2 heterocycles. The Labute approximate surface area is 113 Å². The number of nitrogens with zero attached hydrogens (tertiary/aromatic N) is 2. The van der Waals surface area contributed by atoms with Gasteiger partial charge in [0.05, 0.1) is 4.47 Å². The summed E-state index contributed by atoms with van der Waals surface area (Å²) in [6, 6.07) is 2.81. The van der Waals surface area contributed by atoms with Gasteiger partial charge in [-0.2, -0.15) is 0 Å². The summed E-state index contributed by atoms with van der Waals surface area (Å²) in [4.78, 5) is 19.3. The molecule has 0 bridgehead atoms. The molecular weight excluding hydrogens is 356 g/mol. The molecule has 0 aliphatic heterocycles. The minimum absolute atomic E-state index is 0.205. The van der Waals surface area contributed by atoms with Crippen molar-refractivity contribution in [3.8, 4) is 0 Å². The molecule has 0 saturated carbocycles. The molecule has 0 radical (unpaired) electrons. The minimum atomic E-state index is -0.478. The van der Waals surface area contributed by atoms with Crippen molar-refractivity contribution in [2.45, 2.75) is 0 Å². The van der Waals surface area contributed by atoms with Gasteiger partial charge < -0.3 is 4.42 Å². The van der Waals surface area contributed by atoms with E-state index in [0.29, 0.717) is 10.6 Å².